The highest BCUT2D eigenvalue weighted by Crippen LogP contribution is 2.30. The Bertz CT molecular complexity index is 1060. The van der Waals surface area contributed by atoms with Crippen molar-refractivity contribution in [3.05, 3.63) is 41.9 Å². The monoisotopic (exact) mass is 441 g/mol. The first kappa shape index (κ1) is 21.8. The standard InChI is InChI=1S/C19H19ClF3N5O2/c1-18(2,30)15(17(29)27-9-19(21,22)23)28-12-3-10(5-24-7-12)14-8-26-16-13(14)4-11(20)6-25-16/h3-8,15,28,30H,9H2,1-2H3,(H,25,26)(H,27,29). The fourth-order valence-electron chi connectivity index (χ4n) is 2.90. The third-order valence-corrected chi connectivity index (χ3v) is 4.50. The van der Waals surface area contributed by atoms with Gasteiger partial charge in [-0.1, -0.05) is 11.6 Å². The van der Waals surface area contributed by atoms with Gasteiger partial charge in [0.15, 0.2) is 0 Å². The Labute approximate surface area is 174 Å². The molecule has 0 fully saturated rings. The van der Waals surface area contributed by atoms with Crippen LogP contribution in [0.2, 0.25) is 5.02 Å². The van der Waals surface area contributed by atoms with Gasteiger partial charge in [0.1, 0.15) is 18.2 Å². The zero-order valence-corrected chi connectivity index (χ0v) is 16.8. The Hall–Kier alpha value is -2.85. The van der Waals surface area contributed by atoms with Crippen LogP contribution in [-0.4, -0.2) is 50.3 Å². The van der Waals surface area contributed by atoms with E-state index in [-0.39, 0.29) is 0 Å². The third-order valence-electron chi connectivity index (χ3n) is 4.29. The van der Waals surface area contributed by atoms with Gasteiger partial charge in [0, 0.05) is 41.3 Å². The van der Waals surface area contributed by atoms with Crippen molar-refractivity contribution in [2.45, 2.75) is 31.7 Å². The highest BCUT2D eigenvalue weighted by Gasteiger charge is 2.36. The summed E-state index contributed by atoms with van der Waals surface area (Å²) in [6.45, 7) is 1.15. The van der Waals surface area contributed by atoms with Crippen molar-refractivity contribution < 1.29 is 23.1 Å². The van der Waals surface area contributed by atoms with Crippen LogP contribution in [0.4, 0.5) is 18.9 Å². The number of amides is 1. The van der Waals surface area contributed by atoms with E-state index in [1.54, 1.807) is 29.8 Å². The molecule has 0 spiro atoms. The molecule has 0 aromatic carbocycles. The molecule has 1 atom stereocenters. The number of carbonyl (C=O) groups excluding carboxylic acids is 1. The molecule has 1 unspecified atom stereocenters. The molecule has 3 aromatic heterocycles. The molecular formula is C19H19ClF3N5O2. The van der Waals surface area contributed by atoms with Crippen molar-refractivity contribution in [1.29, 1.82) is 0 Å². The molecule has 7 nitrogen and oxygen atoms in total. The van der Waals surface area contributed by atoms with Crippen LogP contribution >= 0.6 is 11.6 Å². The Morgan fingerprint density at radius 2 is 2.00 bits per heavy atom. The molecule has 3 heterocycles. The number of anilines is 1. The number of alkyl halides is 3. The lowest BCUT2D eigenvalue weighted by molar-refractivity contribution is -0.141. The van der Waals surface area contributed by atoms with Crippen LogP contribution in [0, 0.1) is 0 Å². The molecule has 0 aliphatic carbocycles. The molecule has 30 heavy (non-hydrogen) atoms. The number of halogens is 4. The Morgan fingerprint density at radius 3 is 2.67 bits per heavy atom. The lowest BCUT2D eigenvalue weighted by Gasteiger charge is -2.30. The minimum Gasteiger partial charge on any atom is -0.388 e. The van der Waals surface area contributed by atoms with Crippen LogP contribution in [0.1, 0.15) is 13.8 Å². The second kappa shape index (κ2) is 8.11. The number of hydrogen-bond donors (Lipinski definition) is 4. The number of H-pyrrole nitrogens is 1. The summed E-state index contributed by atoms with van der Waals surface area (Å²) in [6.07, 6.45) is 1.65. The number of nitrogens with zero attached hydrogens (tertiary/aromatic N) is 2. The van der Waals surface area contributed by atoms with E-state index in [1.807, 2.05) is 0 Å². The van der Waals surface area contributed by atoms with Gasteiger partial charge in [0.05, 0.1) is 16.3 Å². The molecule has 4 N–H and O–H groups in total. The molecule has 0 saturated heterocycles. The van der Waals surface area contributed by atoms with E-state index in [1.165, 1.54) is 26.2 Å². The van der Waals surface area contributed by atoms with Gasteiger partial charge in [-0.2, -0.15) is 13.2 Å². The second-order valence-corrected chi connectivity index (χ2v) is 7.71. The van der Waals surface area contributed by atoms with E-state index in [2.05, 4.69) is 20.3 Å². The summed E-state index contributed by atoms with van der Waals surface area (Å²) in [5.41, 5.74) is 0.710. The highest BCUT2D eigenvalue weighted by molar-refractivity contribution is 6.31. The number of nitrogens with one attached hydrogen (secondary N) is 3. The van der Waals surface area contributed by atoms with Crippen molar-refractivity contribution in [3.63, 3.8) is 0 Å². The average molecular weight is 442 g/mol. The first-order chi connectivity index (χ1) is 13.9. The van der Waals surface area contributed by atoms with Crippen LogP contribution in [0.25, 0.3) is 22.2 Å². The van der Waals surface area contributed by atoms with E-state index in [0.717, 1.165) is 10.9 Å². The molecule has 3 aromatic rings. The Kier molecular flexibility index (Phi) is 5.91. The Balaban J connectivity index is 1.88. The lowest BCUT2D eigenvalue weighted by Crippen LogP contribution is -2.53. The summed E-state index contributed by atoms with van der Waals surface area (Å²) in [5.74, 6) is -0.992. The number of pyridine rings is 2. The molecular weight excluding hydrogens is 423 g/mol. The van der Waals surface area contributed by atoms with E-state index < -0.39 is 30.3 Å². The number of aromatic nitrogens is 3. The van der Waals surface area contributed by atoms with Gasteiger partial charge in [0.25, 0.3) is 0 Å². The number of aliphatic hydroxyl groups is 1. The van der Waals surface area contributed by atoms with Gasteiger partial charge in [-0.25, -0.2) is 4.98 Å². The van der Waals surface area contributed by atoms with Gasteiger partial charge < -0.3 is 20.7 Å². The molecule has 0 aliphatic heterocycles. The molecule has 3 rings (SSSR count). The lowest BCUT2D eigenvalue weighted by atomic mass is 9.97. The fourth-order valence-corrected chi connectivity index (χ4v) is 3.06. The van der Waals surface area contributed by atoms with E-state index in [0.29, 0.717) is 21.9 Å². The number of hydrogen-bond acceptors (Lipinski definition) is 5. The maximum absolute atomic E-state index is 12.4. The predicted molar refractivity (Wildman–Crippen MR) is 107 cm³/mol. The quantitative estimate of drug-likeness (QED) is 0.469. The molecule has 1 amide bonds. The van der Waals surface area contributed by atoms with Crippen molar-refractivity contribution in [1.82, 2.24) is 20.3 Å². The summed E-state index contributed by atoms with van der Waals surface area (Å²) in [6, 6.07) is 2.04. The zero-order chi connectivity index (χ0) is 22.1. The molecule has 11 heteroatoms. The van der Waals surface area contributed by atoms with Crippen LogP contribution < -0.4 is 10.6 Å². The van der Waals surface area contributed by atoms with Crippen molar-refractivity contribution in [2.24, 2.45) is 0 Å². The summed E-state index contributed by atoms with van der Waals surface area (Å²) >= 11 is 6.03. The van der Waals surface area contributed by atoms with Crippen molar-refractivity contribution >= 4 is 34.2 Å². The zero-order valence-electron chi connectivity index (χ0n) is 16.0. The van der Waals surface area contributed by atoms with Crippen LogP contribution in [0.15, 0.2) is 36.9 Å². The van der Waals surface area contributed by atoms with E-state index in [4.69, 9.17) is 11.6 Å². The summed E-state index contributed by atoms with van der Waals surface area (Å²) in [7, 11) is 0. The Morgan fingerprint density at radius 1 is 1.27 bits per heavy atom. The van der Waals surface area contributed by atoms with Crippen LogP contribution in [0.3, 0.4) is 0 Å². The third kappa shape index (κ3) is 5.19. The van der Waals surface area contributed by atoms with Gasteiger partial charge in [-0.3, -0.25) is 9.78 Å². The minimum absolute atomic E-state index is 0.339. The first-order valence-electron chi connectivity index (χ1n) is 8.85. The summed E-state index contributed by atoms with van der Waals surface area (Å²) in [5, 5.41) is 16.1. The fraction of sp³-hybridized carbons (Fsp3) is 0.316. The smallest absolute Gasteiger partial charge is 0.388 e. The summed E-state index contributed by atoms with van der Waals surface area (Å²) in [4.78, 5) is 23.6. The van der Waals surface area contributed by atoms with Crippen molar-refractivity contribution in [3.8, 4) is 11.1 Å². The van der Waals surface area contributed by atoms with E-state index in [9.17, 15) is 23.1 Å². The van der Waals surface area contributed by atoms with Crippen LogP contribution in [-0.2, 0) is 4.79 Å². The highest BCUT2D eigenvalue weighted by atomic mass is 35.5. The predicted octanol–water partition coefficient (Wildman–Crippen LogP) is 3.51. The molecule has 0 bridgehead atoms. The SMILES string of the molecule is CC(C)(O)C(Nc1cncc(-c2c[nH]c3ncc(Cl)cc23)c1)C(=O)NCC(F)(F)F. The summed E-state index contributed by atoms with van der Waals surface area (Å²) < 4.78 is 37.3. The molecule has 0 radical (unpaired) electrons. The largest absolute Gasteiger partial charge is 0.405 e. The van der Waals surface area contributed by atoms with E-state index >= 15 is 0 Å². The van der Waals surface area contributed by atoms with Crippen molar-refractivity contribution in [2.75, 3.05) is 11.9 Å². The second-order valence-electron chi connectivity index (χ2n) is 7.28. The maximum atomic E-state index is 12.4. The molecule has 160 valence electrons. The number of carbonyl (C=O) groups is 1. The normalized spacial score (nSPS) is 13.3. The first-order valence-corrected chi connectivity index (χ1v) is 9.23. The number of rotatable bonds is 6. The number of fused-ring (bicyclic) bond motifs is 1. The van der Waals surface area contributed by atoms with Gasteiger partial charge >= 0.3 is 6.18 Å². The van der Waals surface area contributed by atoms with Crippen LogP contribution in [0.5, 0.6) is 0 Å². The minimum atomic E-state index is -4.56. The van der Waals surface area contributed by atoms with Gasteiger partial charge in [0.2, 0.25) is 5.91 Å². The number of aromatic amines is 1. The van der Waals surface area contributed by atoms with Gasteiger partial charge in [-0.15, -0.1) is 0 Å². The molecule has 0 aliphatic rings. The maximum Gasteiger partial charge on any atom is 0.405 e. The van der Waals surface area contributed by atoms with Gasteiger partial charge in [-0.05, 0) is 26.0 Å². The molecule has 0 saturated carbocycles. The topological polar surface area (TPSA) is 103 Å². The average Bonchev–Trinajstić information content (AvgIpc) is 3.06.